The molecule has 0 fully saturated rings. The van der Waals surface area contributed by atoms with Crippen LogP contribution in [0, 0.1) is 0 Å². The van der Waals surface area contributed by atoms with Crippen LogP contribution in [-0.2, 0) is 4.79 Å². The SMILES string of the molecule is CCC(C)NC(=O)COc1ccccc1/C(C)=N/O. The molecule has 1 unspecified atom stereocenters. The molecule has 0 bridgehead atoms. The van der Waals surface area contributed by atoms with E-state index >= 15 is 0 Å². The third-order valence-electron chi connectivity index (χ3n) is 2.81. The topological polar surface area (TPSA) is 70.9 Å². The van der Waals surface area contributed by atoms with Crippen LogP contribution in [0.15, 0.2) is 29.4 Å². The molecular formula is C14H20N2O3. The second-order valence-corrected chi connectivity index (χ2v) is 4.35. The van der Waals surface area contributed by atoms with E-state index in [1.54, 1.807) is 25.1 Å². The first-order valence-electron chi connectivity index (χ1n) is 6.28. The number of carbonyl (C=O) groups is 1. The van der Waals surface area contributed by atoms with Crippen molar-refractivity contribution in [1.29, 1.82) is 0 Å². The normalized spacial score (nSPS) is 12.9. The van der Waals surface area contributed by atoms with E-state index < -0.39 is 0 Å². The summed E-state index contributed by atoms with van der Waals surface area (Å²) in [5.74, 6) is 0.361. The number of hydrogen-bond acceptors (Lipinski definition) is 4. The molecule has 1 aromatic carbocycles. The summed E-state index contributed by atoms with van der Waals surface area (Å²) in [6, 6.07) is 7.26. The van der Waals surface area contributed by atoms with Crippen molar-refractivity contribution in [1.82, 2.24) is 5.32 Å². The van der Waals surface area contributed by atoms with E-state index in [9.17, 15) is 4.79 Å². The summed E-state index contributed by atoms with van der Waals surface area (Å²) in [4.78, 5) is 11.6. The molecule has 2 N–H and O–H groups in total. The number of benzene rings is 1. The van der Waals surface area contributed by atoms with Crippen molar-refractivity contribution in [3.8, 4) is 5.75 Å². The molecule has 104 valence electrons. The lowest BCUT2D eigenvalue weighted by molar-refractivity contribution is -0.123. The van der Waals surface area contributed by atoms with Crippen molar-refractivity contribution in [3.63, 3.8) is 0 Å². The molecular weight excluding hydrogens is 244 g/mol. The van der Waals surface area contributed by atoms with Gasteiger partial charge in [0.1, 0.15) is 5.75 Å². The van der Waals surface area contributed by atoms with Crippen LogP contribution in [0.2, 0.25) is 0 Å². The smallest absolute Gasteiger partial charge is 0.258 e. The lowest BCUT2D eigenvalue weighted by atomic mass is 10.1. The monoisotopic (exact) mass is 264 g/mol. The van der Waals surface area contributed by atoms with Gasteiger partial charge in [0.15, 0.2) is 6.61 Å². The van der Waals surface area contributed by atoms with Gasteiger partial charge >= 0.3 is 0 Å². The fourth-order valence-corrected chi connectivity index (χ4v) is 1.51. The molecule has 0 aliphatic heterocycles. The number of hydrogen-bond donors (Lipinski definition) is 2. The number of nitrogens with one attached hydrogen (secondary N) is 1. The first kappa shape index (κ1) is 15.0. The molecule has 1 amide bonds. The average Bonchev–Trinajstić information content (AvgIpc) is 2.44. The Balaban J connectivity index is 2.65. The van der Waals surface area contributed by atoms with Gasteiger partial charge in [0.2, 0.25) is 0 Å². The number of nitrogens with zero attached hydrogens (tertiary/aromatic N) is 1. The maximum atomic E-state index is 11.6. The summed E-state index contributed by atoms with van der Waals surface area (Å²) in [6.07, 6.45) is 0.874. The van der Waals surface area contributed by atoms with Gasteiger partial charge in [0.25, 0.3) is 5.91 Å². The zero-order valence-electron chi connectivity index (χ0n) is 11.5. The second kappa shape index (κ2) is 7.41. The Bertz CT molecular complexity index is 458. The Morgan fingerprint density at radius 1 is 1.47 bits per heavy atom. The molecule has 1 atom stereocenters. The van der Waals surface area contributed by atoms with Gasteiger partial charge in [-0.05, 0) is 32.4 Å². The quantitative estimate of drug-likeness (QED) is 0.470. The zero-order chi connectivity index (χ0) is 14.3. The molecule has 19 heavy (non-hydrogen) atoms. The highest BCUT2D eigenvalue weighted by Crippen LogP contribution is 2.18. The van der Waals surface area contributed by atoms with Crippen LogP contribution in [0.5, 0.6) is 5.75 Å². The van der Waals surface area contributed by atoms with Gasteiger partial charge in [-0.1, -0.05) is 24.2 Å². The van der Waals surface area contributed by atoms with Crippen LogP contribution in [0.3, 0.4) is 0 Å². The highest BCUT2D eigenvalue weighted by molar-refractivity contribution is 6.00. The third-order valence-corrected chi connectivity index (χ3v) is 2.81. The van der Waals surface area contributed by atoms with E-state index in [-0.39, 0.29) is 18.6 Å². The van der Waals surface area contributed by atoms with Gasteiger partial charge < -0.3 is 15.3 Å². The molecule has 0 saturated carbocycles. The van der Waals surface area contributed by atoms with Crippen molar-refractivity contribution < 1.29 is 14.7 Å². The highest BCUT2D eigenvalue weighted by Gasteiger charge is 2.10. The van der Waals surface area contributed by atoms with Crippen LogP contribution in [0.4, 0.5) is 0 Å². The maximum absolute atomic E-state index is 11.6. The van der Waals surface area contributed by atoms with Crippen molar-refractivity contribution in [3.05, 3.63) is 29.8 Å². The predicted octanol–water partition coefficient (Wildman–Crippen LogP) is 2.18. The largest absolute Gasteiger partial charge is 0.483 e. The molecule has 0 saturated heterocycles. The molecule has 0 spiro atoms. The minimum Gasteiger partial charge on any atom is -0.483 e. The van der Waals surface area contributed by atoms with Crippen molar-refractivity contribution in [2.75, 3.05) is 6.61 Å². The first-order chi connectivity index (χ1) is 9.08. The summed E-state index contributed by atoms with van der Waals surface area (Å²) in [7, 11) is 0. The second-order valence-electron chi connectivity index (χ2n) is 4.35. The number of ether oxygens (including phenoxy) is 1. The van der Waals surface area contributed by atoms with Crippen molar-refractivity contribution in [2.24, 2.45) is 5.16 Å². The number of rotatable bonds is 6. The predicted molar refractivity (Wildman–Crippen MR) is 73.8 cm³/mol. The van der Waals surface area contributed by atoms with E-state index in [0.29, 0.717) is 17.0 Å². The van der Waals surface area contributed by atoms with E-state index in [2.05, 4.69) is 10.5 Å². The van der Waals surface area contributed by atoms with Crippen molar-refractivity contribution in [2.45, 2.75) is 33.2 Å². The standard InChI is InChI=1S/C14H20N2O3/c1-4-10(2)15-14(17)9-19-13-8-6-5-7-12(13)11(3)16-18/h5-8,10,18H,4,9H2,1-3H3,(H,15,17)/b16-11+. The summed E-state index contributed by atoms with van der Waals surface area (Å²) in [5, 5.41) is 14.8. The Labute approximate surface area is 113 Å². The highest BCUT2D eigenvalue weighted by atomic mass is 16.5. The Morgan fingerprint density at radius 3 is 2.79 bits per heavy atom. The van der Waals surface area contributed by atoms with E-state index in [1.807, 2.05) is 19.9 Å². The van der Waals surface area contributed by atoms with Crippen LogP contribution < -0.4 is 10.1 Å². The summed E-state index contributed by atoms with van der Waals surface area (Å²) in [6.45, 7) is 5.55. The first-order valence-corrected chi connectivity index (χ1v) is 6.28. The number of carbonyl (C=O) groups excluding carboxylic acids is 1. The lowest BCUT2D eigenvalue weighted by Crippen LogP contribution is -2.35. The van der Waals surface area contributed by atoms with Crippen LogP contribution in [0.25, 0.3) is 0 Å². The van der Waals surface area contributed by atoms with E-state index in [1.165, 1.54) is 0 Å². The van der Waals surface area contributed by atoms with Gasteiger partial charge in [-0.2, -0.15) is 0 Å². The minimum atomic E-state index is -0.164. The van der Waals surface area contributed by atoms with Crippen LogP contribution >= 0.6 is 0 Å². The molecule has 1 rings (SSSR count). The molecule has 5 nitrogen and oxygen atoms in total. The third kappa shape index (κ3) is 4.62. The molecule has 5 heteroatoms. The average molecular weight is 264 g/mol. The lowest BCUT2D eigenvalue weighted by Gasteiger charge is -2.13. The number of amides is 1. The Morgan fingerprint density at radius 2 is 2.16 bits per heavy atom. The Kier molecular flexibility index (Phi) is 5.85. The zero-order valence-corrected chi connectivity index (χ0v) is 11.5. The molecule has 0 aliphatic rings. The molecule has 0 heterocycles. The summed E-state index contributed by atoms with van der Waals surface area (Å²) >= 11 is 0. The minimum absolute atomic E-state index is 0.0555. The number of para-hydroxylation sites is 1. The van der Waals surface area contributed by atoms with Crippen LogP contribution in [-0.4, -0.2) is 29.5 Å². The van der Waals surface area contributed by atoms with Gasteiger partial charge in [-0.25, -0.2) is 0 Å². The molecule has 1 aromatic rings. The molecule has 0 radical (unpaired) electrons. The molecule has 0 aliphatic carbocycles. The fourth-order valence-electron chi connectivity index (χ4n) is 1.51. The fraction of sp³-hybridized carbons (Fsp3) is 0.429. The van der Waals surface area contributed by atoms with Crippen LogP contribution in [0.1, 0.15) is 32.8 Å². The number of oxime groups is 1. The molecule has 0 aromatic heterocycles. The summed E-state index contributed by atoms with van der Waals surface area (Å²) < 4.78 is 5.46. The van der Waals surface area contributed by atoms with Crippen molar-refractivity contribution >= 4 is 11.6 Å². The maximum Gasteiger partial charge on any atom is 0.258 e. The van der Waals surface area contributed by atoms with Gasteiger partial charge in [-0.3, -0.25) is 4.79 Å². The summed E-state index contributed by atoms with van der Waals surface area (Å²) in [5.41, 5.74) is 1.11. The Hall–Kier alpha value is -2.04. The van der Waals surface area contributed by atoms with E-state index in [4.69, 9.17) is 9.94 Å². The van der Waals surface area contributed by atoms with Gasteiger partial charge in [-0.15, -0.1) is 0 Å². The van der Waals surface area contributed by atoms with E-state index in [0.717, 1.165) is 6.42 Å². The van der Waals surface area contributed by atoms with Gasteiger partial charge in [0.05, 0.1) is 5.71 Å². The van der Waals surface area contributed by atoms with Gasteiger partial charge in [0, 0.05) is 11.6 Å².